The monoisotopic (exact) mass is 444 g/mol. The third kappa shape index (κ3) is 8.07. The van der Waals surface area contributed by atoms with E-state index in [9.17, 15) is 19.5 Å². The lowest BCUT2D eigenvalue weighted by atomic mass is 10.0. The topological polar surface area (TPSA) is 215 Å². The number of carbonyl (C=O) groups is 3. The normalized spacial score (nSPS) is 13.4. The number of carbonyl (C=O) groups excluding carboxylic acids is 2. The maximum Gasteiger partial charge on any atom is 0.326 e. The van der Waals surface area contributed by atoms with Crippen molar-refractivity contribution >= 4 is 23.7 Å². The highest BCUT2D eigenvalue weighted by molar-refractivity contribution is 5.92. The Bertz CT molecular complexity index is 913. The maximum atomic E-state index is 12.9. The summed E-state index contributed by atoms with van der Waals surface area (Å²) in [4.78, 5) is 47.6. The third-order valence-electron chi connectivity index (χ3n) is 4.58. The van der Waals surface area contributed by atoms with Crippen LogP contribution in [0.5, 0.6) is 0 Å². The lowest BCUT2D eigenvalue weighted by Gasteiger charge is -2.23. The first kappa shape index (κ1) is 24.3. The number of amides is 2. The van der Waals surface area contributed by atoms with Crippen molar-refractivity contribution in [2.24, 2.45) is 22.2 Å². The highest BCUT2D eigenvalue weighted by Crippen LogP contribution is 2.06. The molecule has 0 aliphatic carbocycles. The van der Waals surface area contributed by atoms with Crippen LogP contribution in [0.4, 0.5) is 0 Å². The summed E-state index contributed by atoms with van der Waals surface area (Å²) in [6, 6.07) is 5.80. The van der Waals surface area contributed by atoms with Gasteiger partial charge in [-0.2, -0.15) is 0 Å². The van der Waals surface area contributed by atoms with Gasteiger partial charge >= 0.3 is 5.97 Å². The molecule has 0 aliphatic rings. The van der Waals surface area contributed by atoms with Gasteiger partial charge in [-0.05, 0) is 12.0 Å². The minimum atomic E-state index is -1.22. The fourth-order valence-electron chi connectivity index (χ4n) is 2.89. The predicted octanol–water partition coefficient (Wildman–Crippen LogP) is -1.76. The van der Waals surface area contributed by atoms with E-state index < -0.39 is 35.9 Å². The Labute approximate surface area is 184 Å². The molecule has 1 aromatic carbocycles. The van der Waals surface area contributed by atoms with Crippen LogP contribution in [0.1, 0.15) is 17.7 Å². The van der Waals surface area contributed by atoms with Gasteiger partial charge < -0.3 is 37.9 Å². The van der Waals surface area contributed by atoms with E-state index in [2.05, 4.69) is 25.6 Å². The number of hydrogen-bond donors (Lipinski definition) is 7. The summed E-state index contributed by atoms with van der Waals surface area (Å²) >= 11 is 0. The number of nitrogens with two attached hydrogens (primary N) is 3. The van der Waals surface area contributed by atoms with Gasteiger partial charge in [0.15, 0.2) is 5.96 Å². The molecule has 0 radical (unpaired) electrons. The molecule has 172 valence electrons. The van der Waals surface area contributed by atoms with E-state index >= 15 is 0 Å². The molecule has 0 bridgehead atoms. The molecule has 2 aromatic rings. The Kier molecular flexibility index (Phi) is 9.17. The van der Waals surface area contributed by atoms with E-state index in [1.54, 1.807) is 24.3 Å². The molecule has 0 saturated carbocycles. The average Bonchev–Trinajstić information content (AvgIpc) is 3.26. The molecule has 0 saturated heterocycles. The van der Waals surface area contributed by atoms with Gasteiger partial charge in [0.1, 0.15) is 12.1 Å². The van der Waals surface area contributed by atoms with Gasteiger partial charge in [0.05, 0.1) is 12.4 Å². The van der Waals surface area contributed by atoms with E-state index in [0.717, 1.165) is 5.56 Å². The van der Waals surface area contributed by atoms with Gasteiger partial charge in [0, 0.05) is 31.3 Å². The maximum absolute atomic E-state index is 12.9. The van der Waals surface area contributed by atoms with Crippen LogP contribution in [-0.4, -0.2) is 63.5 Å². The third-order valence-corrected chi connectivity index (χ3v) is 4.58. The minimum Gasteiger partial charge on any atom is -0.480 e. The van der Waals surface area contributed by atoms with Crippen LogP contribution in [0, 0.1) is 0 Å². The van der Waals surface area contributed by atoms with Crippen LogP contribution in [0.3, 0.4) is 0 Å². The molecule has 12 nitrogen and oxygen atoms in total. The summed E-state index contributed by atoms with van der Waals surface area (Å²) in [5, 5.41) is 14.6. The van der Waals surface area contributed by atoms with Crippen molar-refractivity contribution in [3.63, 3.8) is 0 Å². The number of guanidine groups is 1. The molecular weight excluding hydrogens is 416 g/mol. The molecule has 3 unspecified atom stereocenters. The summed E-state index contributed by atoms with van der Waals surface area (Å²) in [6.45, 7) is 0.151. The van der Waals surface area contributed by atoms with Gasteiger partial charge in [-0.25, -0.2) is 9.78 Å². The highest BCUT2D eigenvalue weighted by atomic mass is 16.4. The first-order valence-electron chi connectivity index (χ1n) is 9.92. The quantitative estimate of drug-likeness (QED) is 0.147. The molecule has 32 heavy (non-hydrogen) atoms. The zero-order chi connectivity index (χ0) is 23.5. The number of rotatable bonds is 12. The number of nitrogens with one attached hydrogen (secondary N) is 3. The second kappa shape index (κ2) is 12.1. The van der Waals surface area contributed by atoms with Crippen molar-refractivity contribution in [1.82, 2.24) is 20.6 Å². The number of H-pyrrole nitrogens is 1. The molecule has 0 aliphatic heterocycles. The molecule has 0 spiro atoms. The number of imidazole rings is 1. The first-order chi connectivity index (χ1) is 15.3. The summed E-state index contributed by atoms with van der Waals surface area (Å²) in [6.07, 6.45) is 3.21. The molecule has 2 rings (SSSR count). The number of aromatic amines is 1. The number of nitrogens with zero attached hydrogens (tertiary/aromatic N) is 2. The smallest absolute Gasteiger partial charge is 0.326 e. The number of aliphatic carboxylic acids is 1. The van der Waals surface area contributed by atoms with Crippen molar-refractivity contribution in [2.75, 3.05) is 6.54 Å². The Morgan fingerprint density at radius 2 is 1.75 bits per heavy atom. The molecule has 2 amide bonds. The molecule has 0 fully saturated rings. The molecule has 1 heterocycles. The number of carboxylic acids is 1. The lowest BCUT2D eigenvalue weighted by Crippen LogP contribution is -2.55. The standard InChI is InChI=1S/C20H28N8O4/c21-14(6-7-25-20(22)23)17(29)27-15(8-12-4-2-1-3-5-12)18(30)28-16(19(31)32)9-13-10-24-11-26-13/h1-5,10-11,14-16H,6-9,21H2,(H,24,26)(H,27,29)(H,28,30)(H,31,32)(H4,22,23,25). The average molecular weight is 444 g/mol. The minimum absolute atomic E-state index is 0.00507. The Morgan fingerprint density at radius 1 is 1.06 bits per heavy atom. The van der Waals surface area contributed by atoms with Gasteiger partial charge in [0.25, 0.3) is 0 Å². The van der Waals surface area contributed by atoms with E-state index in [1.165, 1.54) is 12.5 Å². The fourth-order valence-corrected chi connectivity index (χ4v) is 2.89. The van der Waals surface area contributed by atoms with Crippen molar-refractivity contribution in [3.05, 3.63) is 54.1 Å². The highest BCUT2D eigenvalue weighted by Gasteiger charge is 2.28. The summed E-state index contributed by atoms with van der Waals surface area (Å²) in [5.74, 6) is -2.56. The number of aliphatic imine (C=N–C) groups is 1. The molecule has 10 N–H and O–H groups in total. The van der Waals surface area contributed by atoms with Crippen molar-refractivity contribution in [1.29, 1.82) is 0 Å². The van der Waals surface area contributed by atoms with Gasteiger partial charge in [0.2, 0.25) is 11.8 Å². The zero-order valence-electron chi connectivity index (χ0n) is 17.4. The van der Waals surface area contributed by atoms with Crippen LogP contribution in [-0.2, 0) is 27.2 Å². The fraction of sp³-hybridized carbons (Fsp3) is 0.350. The number of aromatic nitrogens is 2. The van der Waals surface area contributed by atoms with E-state index in [1.807, 2.05) is 6.07 Å². The number of benzene rings is 1. The summed E-state index contributed by atoms with van der Waals surface area (Å²) in [5.41, 5.74) is 17.7. The first-order valence-corrected chi connectivity index (χ1v) is 9.92. The second-order valence-corrected chi connectivity index (χ2v) is 7.13. The summed E-state index contributed by atoms with van der Waals surface area (Å²) in [7, 11) is 0. The molecule has 12 heteroatoms. The van der Waals surface area contributed by atoms with Crippen LogP contribution < -0.4 is 27.8 Å². The van der Waals surface area contributed by atoms with Crippen molar-refractivity contribution in [2.45, 2.75) is 37.4 Å². The van der Waals surface area contributed by atoms with Crippen LogP contribution in [0.25, 0.3) is 0 Å². The second-order valence-electron chi connectivity index (χ2n) is 7.13. The van der Waals surface area contributed by atoms with Gasteiger partial charge in [-0.3, -0.25) is 14.6 Å². The lowest BCUT2D eigenvalue weighted by molar-refractivity contribution is -0.142. The largest absolute Gasteiger partial charge is 0.480 e. The Hall–Kier alpha value is -3.93. The zero-order valence-corrected chi connectivity index (χ0v) is 17.4. The van der Waals surface area contributed by atoms with Crippen molar-refractivity contribution in [3.8, 4) is 0 Å². The Morgan fingerprint density at radius 3 is 2.34 bits per heavy atom. The van der Waals surface area contributed by atoms with Crippen LogP contribution >= 0.6 is 0 Å². The molecule has 1 aromatic heterocycles. The van der Waals surface area contributed by atoms with Crippen LogP contribution in [0.15, 0.2) is 47.8 Å². The summed E-state index contributed by atoms with van der Waals surface area (Å²) < 4.78 is 0. The van der Waals surface area contributed by atoms with E-state index in [0.29, 0.717) is 5.69 Å². The Balaban J connectivity index is 2.10. The predicted molar refractivity (Wildman–Crippen MR) is 117 cm³/mol. The SMILES string of the molecule is NC(N)=NCCC(N)C(=O)NC(Cc1ccccc1)C(=O)NC(Cc1cnc[nH]1)C(=O)O. The van der Waals surface area contributed by atoms with E-state index in [-0.39, 0.29) is 31.8 Å². The van der Waals surface area contributed by atoms with Crippen molar-refractivity contribution < 1.29 is 19.5 Å². The number of carboxylic acid groups (broad SMARTS) is 1. The van der Waals surface area contributed by atoms with E-state index in [4.69, 9.17) is 17.2 Å². The molecular formula is C20H28N8O4. The van der Waals surface area contributed by atoms with Gasteiger partial charge in [-0.1, -0.05) is 30.3 Å². The van der Waals surface area contributed by atoms with Crippen LogP contribution in [0.2, 0.25) is 0 Å². The van der Waals surface area contributed by atoms with Gasteiger partial charge in [-0.15, -0.1) is 0 Å². The number of hydrogen-bond acceptors (Lipinski definition) is 6. The molecule has 3 atom stereocenters.